The number of likely N-dealkylation sites (tertiary alicyclic amines) is 1. The summed E-state index contributed by atoms with van der Waals surface area (Å²) in [6.07, 6.45) is 6.02. The second-order valence-electron chi connectivity index (χ2n) is 5.29. The standard InChI is InChI=1S/C13H16N2O4/c16-12(11-5-6-14-19-11)15-9-4-2-1-3-8(9)7-10(15)13(17)18/h5-6,8-10H,1-4,7H2,(H,17,18). The third-order valence-electron chi connectivity index (χ3n) is 4.26. The third kappa shape index (κ3) is 2.01. The van der Waals surface area contributed by atoms with Gasteiger partial charge >= 0.3 is 5.97 Å². The third-order valence-corrected chi connectivity index (χ3v) is 4.26. The molecule has 0 spiro atoms. The van der Waals surface area contributed by atoms with Gasteiger partial charge in [-0.1, -0.05) is 18.0 Å². The molecule has 1 aromatic rings. The van der Waals surface area contributed by atoms with Gasteiger partial charge in [-0.05, 0) is 25.2 Å². The number of fused-ring (bicyclic) bond motifs is 1. The van der Waals surface area contributed by atoms with E-state index in [-0.39, 0.29) is 17.7 Å². The molecule has 0 radical (unpaired) electrons. The summed E-state index contributed by atoms with van der Waals surface area (Å²) in [7, 11) is 0. The van der Waals surface area contributed by atoms with Crippen LogP contribution in [0.4, 0.5) is 0 Å². The van der Waals surface area contributed by atoms with E-state index in [4.69, 9.17) is 4.52 Å². The zero-order valence-electron chi connectivity index (χ0n) is 10.5. The zero-order valence-corrected chi connectivity index (χ0v) is 10.5. The van der Waals surface area contributed by atoms with Gasteiger partial charge in [0.2, 0.25) is 5.76 Å². The Hall–Kier alpha value is -1.85. The normalized spacial score (nSPS) is 30.1. The summed E-state index contributed by atoms with van der Waals surface area (Å²) < 4.78 is 4.88. The van der Waals surface area contributed by atoms with Crippen LogP contribution in [0.3, 0.4) is 0 Å². The molecule has 2 aliphatic rings. The molecule has 2 heterocycles. The highest BCUT2D eigenvalue weighted by Crippen LogP contribution is 2.40. The van der Waals surface area contributed by atoms with E-state index in [2.05, 4.69) is 5.16 Å². The number of hydrogen-bond donors (Lipinski definition) is 1. The van der Waals surface area contributed by atoms with Crippen molar-refractivity contribution in [1.82, 2.24) is 10.1 Å². The van der Waals surface area contributed by atoms with Crippen LogP contribution in [-0.4, -0.2) is 39.1 Å². The molecule has 2 fully saturated rings. The highest BCUT2D eigenvalue weighted by molar-refractivity contribution is 5.94. The largest absolute Gasteiger partial charge is 0.480 e. The fourth-order valence-electron chi connectivity index (χ4n) is 3.43. The van der Waals surface area contributed by atoms with Crippen LogP contribution in [0.1, 0.15) is 42.7 Å². The predicted molar refractivity (Wildman–Crippen MR) is 64.5 cm³/mol. The van der Waals surface area contributed by atoms with Crippen molar-refractivity contribution < 1.29 is 19.2 Å². The first kappa shape index (κ1) is 12.2. The van der Waals surface area contributed by atoms with E-state index in [9.17, 15) is 14.7 Å². The molecule has 6 heteroatoms. The average molecular weight is 264 g/mol. The van der Waals surface area contributed by atoms with Crippen LogP contribution in [0.25, 0.3) is 0 Å². The first-order valence-electron chi connectivity index (χ1n) is 6.64. The van der Waals surface area contributed by atoms with Gasteiger partial charge in [0.05, 0.1) is 6.20 Å². The van der Waals surface area contributed by atoms with Gasteiger partial charge in [-0.2, -0.15) is 0 Å². The summed E-state index contributed by atoms with van der Waals surface area (Å²) in [5.41, 5.74) is 0. The maximum absolute atomic E-state index is 12.4. The van der Waals surface area contributed by atoms with Gasteiger partial charge in [-0.15, -0.1) is 0 Å². The molecule has 6 nitrogen and oxygen atoms in total. The first-order chi connectivity index (χ1) is 9.18. The van der Waals surface area contributed by atoms with Crippen LogP contribution >= 0.6 is 0 Å². The number of amides is 1. The lowest BCUT2D eigenvalue weighted by Gasteiger charge is -2.32. The van der Waals surface area contributed by atoms with Gasteiger partial charge in [0.25, 0.3) is 5.91 Å². The summed E-state index contributed by atoms with van der Waals surface area (Å²) in [5, 5.41) is 12.9. The number of rotatable bonds is 2. The van der Waals surface area contributed by atoms with Gasteiger partial charge in [0, 0.05) is 12.1 Å². The van der Waals surface area contributed by atoms with Crippen molar-refractivity contribution in [2.45, 2.75) is 44.2 Å². The van der Waals surface area contributed by atoms with Crippen LogP contribution in [0, 0.1) is 5.92 Å². The molecule has 1 N–H and O–H groups in total. The molecule has 1 saturated heterocycles. The molecule has 102 valence electrons. The molecule has 1 saturated carbocycles. The minimum atomic E-state index is -0.928. The van der Waals surface area contributed by atoms with Crippen LogP contribution in [0.5, 0.6) is 0 Å². The van der Waals surface area contributed by atoms with E-state index in [0.717, 1.165) is 25.7 Å². The SMILES string of the molecule is O=C(O)C1CC2CCCCC2N1C(=O)c1ccno1. The average Bonchev–Trinajstić information content (AvgIpc) is 3.05. The molecule has 3 rings (SSSR count). The van der Waals surface area contributed by atoms with E-state index in [1.807, 2.05) is 0 Å². The number of carboxylic acids is 1. The Labute approximate surface area is 110 Å². The second kappa shape index (κ2) is 4.68. The molecular weight excluding hydrogens is 248 g/mol. The molecule has 0 bridgehead atoms. The monoisotopic (exact) mass is 264 g/mol. The van der Waals surface area contributed by atoms with Gasteiger partial charge < -0.3 is 14.5 Å². The van der Waals surface area contributed by atoms with Crippen molar-refractivity contribution in [2.75, 3.05) is 0 Å². The maximum atomic E-state index is 12.4. The minimum Gasteiger partial charge on any atom is -0.480 e. The predicted octanol–water partition coefficient (Wildman–Crippen LogP) is 1.53. The Morgan fingerprint density at radius 1 is 1.37 bits per heavy atom. The molecule has 1 aromatic heterocycles. The van der Waals surface area contributed by atoms with Crippen LogP contribution in [0.15, 0.2) is 16.8 Å². The molecule has 1 amide bonds. The number of carboxylic acid groups (broad SMARTS) is 1. The number of aromatic nitrogens is 1. The van der Waals surface area contributed by atoms with Crippen molar-refractivity contribution in [3.05, 3.63) is 18.0 Å². The zero-order chi connectivity index (χ0) is 13.4. The lowest BCUT2D eigenvalue weighted by atomic mass is 9.84. The van der Waals surface area contributed by atoms with Gasteiger partial charge in [0.1, 0.15) is 6.04 Å². The summed E-state index contributed by atoms with van der Waals surface area (Å²) in [4.78, 5) is 25.3. The summed E-state index contributed by atoms with van der Waals surface area (Å²) in [6.45, 7) is 0. The summed E-state index contributed by atoms with van der Waals surface area (Å²) in [5.74, 6) is -0.847. The first-order valence-corrected chi connectivity index (χ1v) is 6.64. The van der Waals surface area contributed by atoms with Crippen molar-refractivity contribution in [3.8, 4) is 0 Å². The second-order valence-corrected chi connectivity index (χ2v) is 5.29. The Kier molecular flexibility index (Phi) is 3.00. The van der Waals surface area contributed by atoms with E-state index >= 15 is 0 Å². The number of hydrogen-bond acceptors (Lipinski definition) is 4. The van der Waals surface area contributed by atoms with Crippen LogP contribution in [-0.2, 0) is 4.79 Å². The van der Waals surface area contributed by atoms with E-state index in [0.29, 0.717) is 12.3 Å². The number of nitrogens with zero attached hydrogens (tertiary/aromatic N) is 2. The van der Waals surface area contributed by atoms with Gasteiger partial charge in [0.15, 0.2) is 0 Å². The fraction of sp³-hybridized carbons (Fsp3) is 0.615. The Morgan fingerprint density at radius 3 is 2.84 bits per heavy atom. The molecule has 0 aromatic carbocycles. The van der Waals surface area contributed by atoms with E-state index in [1.54, 1.807) is 0 Å². The molecular formula is C13H16N2O4. The highest BCUT2D eigenvalue weighted by Gasteiger charge is 2.48. The Morgan fingerprint density at radius 2 is 2.16 bits per heavy atom. The highest BCUT2D eigenvalue weighted by atomic mass is 16.5. The molecule has 1 aliphatic heterocycles. The minimum absolute atomic E-state index is 0.0347. The van der Waals surface area contributed by atoms with Gasteiger partial charge in [-0.3, -0.25) is 4.79 Å². The van der Waals surface area contributed by atoms with Crippen molar-refractivity contribution in [1.29, 1.82) is 0 Å². The van der Waals surface area contributed by atoms with Crippen molar-refractivity contribution >= 4 is 11.9 Å². The molecule has 19 heavy (non-hydrogen) atoms. The quantitative estimate of drug-likeness (QED) is 0.875. The summed E-state index contributed by atoms with van der Waals surface area (Å²) >= 11 is 0. The molecule has 3 unspecified atom stereocenters. The van der Waals surface area contributed by atoms with E-state index in [1.165, 1.54) is 17.2 Å². The topological polar surface area (TPSA) is 83.6 Å². The molecule has 3 atom stereocenters. The van der Waals surface area contributed by atoms with Crippen molar-refractivity contribution in [2.24, 2.45) is 5.92 Å². The fourth-order valence-corrected chi connectivity index (χ4v) is 3.43. The Bertz CT molecular complexity index is 485. The number of aliphatic carboxylic acids is 1. The maximum Gasteiger partial charge on any atom is 0.326 e. The van der Waals surface area contributed by atoms with E-state index < -0.39 is 12.0 Å². The number of carbonyl (C=O) groups excluding carboxylic acids is 1. The number of carbonyl (C=O) groups is 2. The molecule has 1 aliphatic carbocycles. The van der Waals surface area contributed by atoms with Crippen LogP contribution in [0.2, 0.25) is 0 Å². The van der Waals surface area contributed by atoms with Crippen LogP contribution < -0.4 is 0 Å². The summed E-state index contributed by atoms with van der Waals surface area (Å²) in [6, 6.07) is 0.787. The smallest absolute Gasteiger partial charge is 0.326 e. The Balaban J connectivity index is 1.90. The lowest BCUT2D eigenvalue weighted by molar-refractivity contribution is -0.141. The van der Waals surface area contributed by atoms with Crippen molar-refractivity contribution in [3.63, 3.8) is 0 Å². The van der Waals surface area contributed by atoms with Gasteiger partial charge in [-0.25, -0.2) is 4.79 Å². The lowest BCUT2D eigenvalue weighted by Crippen LogP contribution is -2.46.